The van der Waals surface area contributed by atoms with Crippen molar-refractivity contribution in [2.75, 3.05) is 13.1 Å². The van der Waals surface area contributed by atoms with Gasteiger partial charge in [0.2, 0.25) is 0 Å². The van der Waals surface area contributed by atoms with Crippen molar-refractivity contribution < 1.29 is 13.9 Å². The summed E-state index contributed by atoms with van der Waals surface area (Å²) in [5.41, 5.74) is 0.160. The molecule has 0 saturated carbocycles. The van der Waals surface area contributed by atoms with Gasteiger partial charge in [-0.3, -0.25) is 14.1 Å². The summed E-state index contributed by atoms with van der Waals surface area (Å²) in [7, 11) is 0. The van der Waals surface area contributed by atoms with E-state index in [1.54, 1.807) is 10.5 Å². The van der Waals surface area contributed by atoms with E-state index in [1.807, 2.05) is 20.8 Å². The van der Waals surface area contributed by atoms with Crippen LogP contribution >= 0.6 is 0 Å². The topological polar surface area (TPSA) is 59.7 Å². The summed E-state index contributed by atoms with van der Waals surface area (Å²) in [6.45, 7) is 7.07. The molecule has 3 rings (SSSR count). The van der Waals surface area contributed by atoms with Crippen LogP contribution in [-0.2, 0) is 9.53 Å². The van der Waals surface area contributed by atoms with Crippen molar-refractivity contribution in [3.63, 3.8) is 0 Å². The number of esters is 1. The van der Waals surface area contributed by atoms with E-state index in [9.17, 15) is 9.18 Å². The van der Waals surface area contributed by atoms with Gasteiger partial charge < -0.3 is 4.74 Å². The monoisotopic (exact) mass is 334 g/mol. The Morgan fingerprint density at radius 1 is 1.38 bits per heavy atom. The average Bonchev–Trinajstić information content (AvgIpc) is 3.08. The zero-order valence-corrected chi connectivity index (χ0v) is 14.3. The molecule has 24 heavy (non-hydrogen) atoms. The molecule has 6 nitrogen and oxygen atoms in total. The molecule has 1 saturated heterocycles. The third kappa shape index (κ3) is 3.72. The van der Waals surface area contributed by atoms with Crippen molar-refractivity contribution in [3.8, 4) is 0 Å². The Bertz CT molecular complexity index is 738. The van der Waals surface area contributed by atoms with Crippen molar-refractivity contribution in [2.45, 2.75) is 51.7 Å². The van der Waals surface area contributed by atoms with Crippen LogP contribution in [0.25, 0.3) is 5.65 Å². The Kier molecular flexibility index (Phi) is 4.54. The molecule has 130 valence electrons. The van der Waals surface area contributed by atoms with Crippen LogP contribution in [0.15, 0.2) is 18.3 Å². The maximum absolute atomic E-state index is 13.5. The van der Waals surface area contributed by atoms with Crippen molar-refractivity contribution in [3.05, 3.63) is 30.0 Å². The first kappa shape index (κ1) is 16.8. The van der Waals surface area contributed by atoms with Crippen molar-refractivity contribution in [1.82, 2.24) is 19.5 Å². The number of pyridine rings is 1. The molecule has 1 aliphatic rings. The molecule has 3 heterocycles. The maximum Gasteiger partial charge on any atom is 0.307 e. The van der Waals surface area contributed by atoms with E-state index in [4.69, 9.17) is 4.74 Å². The molecule has 7 heteroatoms. The van der Waals surface area contributed by atoms with Gasteiger partial charge in [-0.2, -0.15) is 0 Å². The van der Waals surface area contributed by atoms with Gasteiger partial charge in [0.15, 0.2) is 11.5 Å². The van der Waals surface area contributed by atoms with Crippen LogP contribution in [0.3, 0.4) is 0 Å². The van der Waals surface area contributed by atoms with Gasteiger partial charge in [0.05, 0.1) is 12.5 Å². The lowest BCUT2D eigenvalue weighted by atomic mass is 10.2. The molecule has 1 aliphatic heterocycles. The number of ether oxygens (including phenoxy) is 1. The predicted octanol–water partition coefficient (Wildman–Crippen LogP) is 2.74. The summed E-state index contributed by atoms with van der Waals surface area (Å²) in [5.74, 6) is 0.207. The molecular formula is C17H23FN4O2. The lowest BCUT2D eigenvalue weighted by molar-refractivity contribution is -0.155. The number of rotatable bonds is 4. The molecule has 0 bridgehead atoms. The number of hydrogen-bond donors (Lipinski definition) is 0. The van der Waals surface area contributed by atoms with Crippen LogP contribution in [0.5, 0.6) is 0 Å². The third-order valence-electron chi connectivity index (χ3n) is 4.08. The van der Waals surface area contributed by atoms with E-state index >= 15 is 0 Å². The van der Waals surface area contributed by atoms with Gasteiger partial charge in [0.25, 0.3) is 0 Å². The zero-order chi connectivity index (χ0) is 17.3. The number of likely N-dealkylation sites (tertiary alicyclic amines) is 1. The Morgan fingerprint density at radius 2 is 2.17 bits per heavy atom. The van der Waals surface area contributed by atoms with E-state index in [0.717, 1.165) is 25.2 Å². The third-order valence-corrected chi connectivity index (χ3v) is 4.08. The predicted molar refractivity (Wildman–Crippen MR) is 87.0 cm³/mol. The number of nitrogens with zero attached hydrogens (tertiary/aromatic N) is 4. The van der Waals surface area contributed by atoms with E-state index in [2.05, 4.69) is 15.1 Å². The van der Waals surface area contributed by atoms with Crippen LogP contribution in [0.4, 0.5) is 4.39 Å². The molecule has 0 radical (unpaired) electrons. The van der Waals surface area contributed by atoms with Crippen LogP contribution in [0.2, 0.25) is 0 Å². The molecule has 0 amide bonds. The van der Waals surface area contributed by atoms with Gasteiger partial charge in [0.1, 0.15) is 11.4 Å². The first-order valence-electron chi connectivity index (χ1n) is 8.29. The van der Waals surface area contributed by atoms with Crippen molar-refractivity contribution in [2.24, 2.45) is 0 Å². The Balaban J connectivity index is 1.71. The molecule has 0 aliphatic carbocycles. The van der Waals surface area contributed by atoms with Crippen LogP contribution in [-0.4, -0.2) is 44.2 Å². The standard InChI is InChI=1S/C17H23FN4O2/c1-17(2,3)24-15(23)8-10-21-9-4-5-13(21)16-20-19-14-7-6-12(18)11-22(14)16/h6-7,11,13H,4-5,8-10H2,1-3H3. The summed E-state index contributed by atoms with van der Waals surface area (Å²) in [5, 5.41) is 8.35. The first-order valence-corrected chi connectivity index (χ1v) is 8.29. The number of hydrogen-bond acceptors (Lipinski definition) is 5. The van der Waals surface area contributed by atoms with E-state index in [0.29, 0.717) is 18.6 Å². The molecule has 0 aromatic carbocycles. The fraction of sp³-hybridized carbons (Fsp3) is 0.588. The van der Waals surface area contributed by atoms with Gasteiger partial charge >= 0.3 is 5.97 Å². The van der Waals surface area contributed by atoms with E-state index in [-0.39, 0.29) is 17.8 Å². The molecule has 2 aromatic rings. The van der Waals surface area contributed by atoms with Gasteiger partial charge in [-0.05, 0) is 52.3 Å². The number of fused-ring (bicyclic) bond motifs is 1. The SMILES string of the molecule is CC(C)(C)OC(=O)CCN1CCCC1c1nnc2ccc(F)cn12. The molecule has 1 unspecified atom stereocenters. The Labute approximate surface area is 140 Å². The van der Waals surface area contributed by atoms with Gasteiger partial charge in [-0.1, -0.05) is 0 Å². The van der Waals surface area contributed by atoms with Gasteiger partial charge in [-0.15, -0.1) is 10.2 Å². The summed E-state index contributed by atoms with van der Waals surface area (Å²) in [6.07, 6.45) is 3.68. The second kappa shape index (κ2) is 6.47. The Morgan fingerprint density at radius 3 is 2.92 bits per heavy atom. The van der Waals surface area contributed by atoms with Crippen molar-refractivity contribution in [1.29, 1.82) is 0 Å². The maximum atomic E-state index is 13.5. The molecule has 1 fully saturated rings. The lowest BCUT2D eigenvalue weighted by Gasteiger charge is -2.24. The molecule has 0 N–H and O–H groups in total. The number of carbonyl (C=O) groups excluding carboxylic acids is 1. The molecule has 0 spiro atoms. The summed E-state index contributed by atoms with van der Waals surface area (Å²) in [4.78, 5) is 14.1. The quantitative estimate of drug-likeness (QED) is 0.805. The minimum atomic E-state index is -0.470. The highest BCUT2D eigenvalue weighted by molar-refractivity contribution is 5.70. The smallest absolute Gasteiger partial charge is 0.307 e. The second-order valence-electron chi connectivity index (χ2n) is 7.16. The minimum Gasteiger partial charge on any atom is -0.460 e. The summed E-state index contributed by atoms with van der Waals surface area (Å²) in [6, 6.07) is 3.04. The normalized spacial score (nSPS) is 19.1. The molecule has 1 atom stereocenters. The van der Waals surface area contributed by atoms with Crippen LogP contribution in [0, 0.1) is 5.82 Å². The lowest BCUT2D eigenvalue weighted by Crippen LogP contribution is -2.30. The molecule has 2 aromatic heterocycles. The highest BCUT2D eigenvalue weighted by Gasteiger charge is 2.30. The van der Waals surface area contributed by atoms with E-state index in [1.165, 1.54) is 12.3 Å². The molecular weight excluding hydrogens is 311 g/mol. The van der Waals surface area contributed by atoms with Crippen LogP contribution in [0.1, 0.15) is 51.9 Å². The largest absolute Gasteiger partial charge is 0.460 e. The second-order valence-corrected chi connectivity index (χ2v) is 7.16. The highest BCUT2D eigenvalue weighted by Crippen LogP contribution is 2.31. The summed E-state index contributed by atoms with van der Waals surface area (Å²) >= 11 is 0. The van der Waals surface area contributed by atoms with Crippen molar-refractivity contribution >= 4 is 11.6 Å². The first-order chi connectivity index (χ1) is 11.3. The van der Waals surface area contributed by atoms with E-state index < -0.39 is 5.60 Å². The van der Waals surface area contributed by atoms with Gasteiger partial charge in [0, 0.05) is 12.7 Å². The Hall–Kier alpha value is -2.02. The highest BCUT2D eigenvalue weighted by atomic mass is 19.1. The van der Waals surface area contributed by atoms with Gasteiger partial charge in [-0.25, -0.2) is 4.39 Å². The fourth-order valence-electron chi connectivity index (χ4n) is 3.12. The zero-order valence-electron chi connectivity index (χ0n) is 14.3. The number of aromatic nitrogens is 3. The number of halogens is 1. The minimum absolute atomic E-state index is 0.0456. The fourth-order valence-corrected chi connectivity index (χ4v) is 3.12. The summed E-state index contributed by atoms with van der Waals surface area (Å²) < 4.78 is 20.6. The van der Waals surface area contributed by atoms with Crippen LogP contribution < -0.4 is 0 Å². The average molecular weight is 334 g/mol. The number of carbonyl (C=O) groups is 1.